The monoisotopic (exact) mass is 326 g/mol. The molecule has 23 heavy (non-hydrogen) atoms. The van der Waals surface area contributed by atoms with Gasteiger partial charge in [0.15, 0.2) is 0 Å². The second kappa shape index (κ2) is 8.93. The van der Waals surface area contributed by atoms with Crippen molar-refractivity contribution in [3.63, 3.8) is 0 Å². The molecule has 0 aliphatic rings. The van der Waals surface area contributed by atoms with Crippen molar-refractivity contribution in [2.75, 3.05) is 0 Å². The zero-order chi connectivity index (χ0) is 16.5. The average Bonchev–Trinajstić information content (AvgIpc) is 2.58. The molecule has 0 unspecified atom stereocenters. The normalized spacial score (nSPS) is 11.4. The fourth-order valence-electron chi connectivity index (χ4n) is 2.89. The van der Waals surface area contributed by atoms with E-state index in [2.05, 4.69) is 68.5 Å². The lowest BCUT2D eigenvalue weighted by molar-refractivity contribution is 0.306. The first-order chi connectivity index (χ1) is 11.1. The molecule has 2 aromatic carbocycles. The maximum absolute atomic E-state index is 5.99. The van der Waals surface area contributed by atoms with E-state index in [1.165, 1.54) is 42.5 Å². The maximum Gasteiger partial charge on any atom is 0.119 e. The van der Waals surface area contributed by atoms with Crippen LogP contribution in [-0.4, -0.2) is 8.07 Å². The molecule has 0 aliphatic carbocycles. The molecule has 0 radical (unpaired) electrons. The van der Waals surface area contributed by atoms with Gasteiger partial charge in [-0.05, 0) is 17.7 Å². The van der Waals surface area contributed by atoms with Crippen LogP contribution in [0.25, 0.3) is 0 Å². The second-order valence-corrected chi connectivity index (χ2v) is 11.8. The molecule has 0 atom stereocenters. The van der Waals surface area contributed by atoms with Gasteiger partial charge in [-0.15, -0.1) is 0 Å². The van der Waals surface area contributed by atoms with Crippen LogP contribution in [-0.2, 0) is 6.61 Å². The first-order valence-electron chi connectivity index (χ1n) is 8.89. The van der Waals surface area contributed by atoms with Gasteiger partial charge in [-0.25, -0.2) is 0 Å². The van der Waals surface area contributed by atoms with Gasteiger partial charge in [0.2, 0.25) is 0 Å². The van der Waals surface area contributed by atoms with Crippen LogP contribution >= 0.6 is 0 Å². The summed E-state index contributed by atoms with van der Waals surface area (Å²) >= 11 is 0. The van der Waals surface area contributed by atoms with Crippen LogP contribution in [0.5, 0.6) is 5.75 Å². The standard InChI is InChI=1S/C21H30OSi/c1-4-5-6-10-16-23(2,3)21-15-11-14-20(17-21)22-18-19-12-8-7-9-13-19/h7-9,11-15,17H,4-6,10,16,18H2,1-3H3. The van der Waals surface area contributed by atoms with E-state index in [0.29, 0.717) is 6.61 Å². The Kier molecular flexibility index (Phi) is 6.91. The van der Waals surface area contributed by atoms with E-state index in [-0.39, 0.29) is 0 Å². The summed E-state index contributed by atoms with van der Waals surface area (Å²) in [6.07, 6.45) is 5.41. The zero-order valence-corrected chi connectivity index (χ0v) is 15.8. The number of unbranched alkanes of at least 4 members (excludes halogenated alkanes) is 3. The molecule has 0 aliphatic heterocycles. The van der Waals surface area contributed by atoms with Crippen LogP contribution < -0.4 is 9.92 Å². The molecule has 124 valence electrons. The lowest BCUT2D eigenvalue weighted by atomic mass is 10.2. The van der Waals surface area contributed by atoms with Crippen molar-refractivity contribution in [2.24, 2.45) is 0 Å². The van der Waals surface area contributed by atoms with Crippen LogP contribution in [0, 0.1) is 0 Å². The van der Waals surface area contributed by atoms with Crippen molar-refractivity contribution in [2.45, 2.75) is 58.4 Å². The second-order valence-electron chi connectivity index (χ2n) is 7.00. The van der Waals surface area contributed by atoms with E-state index < -0.39 is 8.07 Å². The summed E-state index contributed by atoms with van der Waals surface area (Å²) in [5.74, 6) is 1.00. The van der Waals surface area contributed by atoms with Crippen LogP contribution in [0.1, 0.15) is 38.2 Å². The molecule has 0 bridgehead atoms. The van der Waals surface area contributed by atoms with Crippen LogP contribution in [0.15, 0.2) is 54.6 Å². The Labute approximate surface area is 142 Å². The number of ether oxygens (including phenoxy) is 1. The molecule has 0 heterocycles. The Morgan fingerprint density at radius 3 is 2.39 bits per heavy atom. The summed E-state index contributed by atoms with van der Waals surface area (Å²) in [4.78, 5) is 0. The van der Waals surface area contributed by atoms with Crippen molar-refractivity contribution in [3.05, 3.63) is 60.2 Å². The summed E-state index contributed by atoms with van der Waals surface area (Å²) in [5.41, 5.74) is 1.22. The van der Waals surface area contributed by atoms with Crippen molar-refractivity contribution in [1.29, 1.82) is 0 Å². The van der Waals surface area contributed by atoms with E-state index in [9.17, 15) is 0 Å². The summed E-state index contributed by atoms with van der Waals surface area (Å²) in [7, 11) is -1.35. The summed E-state index contributed by atoms with van der Waals surface area (Å²) < 4.78 is 5.99. The molecule has 0 saturated carbocycles. The minimum absolute atomic E-state index is 0.642. The van der Waals surface area contributed by atoms with Gasteiger partial charge in [0, 0.05) is 0 Å². The molecule has 1 nitrogen and oxygen atoms in total. The smallest absolute Gasteiger partial charge is 0.119 e. The topological polar surface area (TPSA) is 9.23 Å². The zero-order valence-electron chi connectivity index (χ0n) is 14.8. The Morgan fingerprint density at radius 2 is 1.65 bits per heavy atom. The minimum Gasteiger partial charge on any atom is -0.489 e. The van der Waals surface area contributed by atoms with Gasteiger partial charge in [-0.3, -0.25) is 0 Å². The third-order valence-electron chi connectivity index (χ3n) is 4.52. The SMILES string of the molecule is CCCCCC[Si](C)(C)c1cccc(OCc2ccccc2)c1. The van der Waals surface area contributed by atoms with E-state index in [4.69, 9.17) is 4.74 Å². The predicted octanol–water partition coefficient (Wildman–Crippen LogP) is 5.76. The van der Waals surface area contributed by atoms with Crippen molar-refractivity contribution in [1.82, 2.24) is 0 Å². The number of hydrogen-bond acceptors (Lipinski definition) is 1. The third kappa shape index (κ3) is 5.87. The predicted molar refractivity (Wildman–Crippen MR) is 103 cm³/mol. The number of rotatable bonds is 9. The average molecular weight is 327 g/mol. The molecule has 2 rings (SSSR count). The van der Waals surface area contributed by atoms with E-state index in [1.54, 1.807) is 0 Å². The number of benzene rings is 2. The van der Waals surface area contributed by atoms with Crippen molar-refractivity contribution >= 4 is 13.3 Å². The Hall–Kier alpha value is -1.54. The van der Waals surface area contributed by atoms with E-state index >= 15 is 0 Å². The highest BCUT2D eigenvalue weighted by molar-refractivity contribution is 6.89. The molecule has 2 aromatic rings. The van der Waals surface area contributed by atoms with Crippen LogP contribution in [0.2, 0.25) is 19.1 Å². The number of hydrogen-bond donors (Lipinski definition) is 0. The van der Waals surface area contributed by atoms with Gasteiger partial charge < -0.3 is 4.74 Å². The minimum atomic E-state index is -1.35. The Bertz CT molecular complexity index is 577. The van der Waals surface area contributed by atoms with Gasteiger partial charge in [0.05, 0.1) is 8.07 Å². The molecule has 0 aromatic heterocycles. The Morgan fingerprint density at radius 1 is 0.870 bits per heavy atom. The lowest BCUT2D eigenvalue weighted by Gasteiger charge is -2.23. The fraction of sp³-hybridized carbons (Fsp3) is 0.429. The first kappa shape index (κ1) is 17.8. The summed E-state index contributed by atoms with van der Waals surface area (Å²) in [6.45, 7) is 7.88. The largest absolute Gasteiger partial charge is 0.489 e. The van der Waals surface area contributed by atoms with Gasteiger partial charge in [0.1, 0.15) is 12.4 Å². The van der Waals surface area contributed by atoms with Crippen LogP contribution in [0.4, 0.5) is 0 Å². The third-order valence-corrected chi connectivity index (χ3v) is 8.00. The molecule has 0 N–H and O–H groups in total. The molecule has 0 fully saturated rings. The van der Waals surface area contributed by atoms with Gasteiger partial charge in [-0.2, -0.15) is 0 Å². The highest BCUT2D eigenvalue weighted by atomic mass is 28.3. The molecule has 0 amide bonds. The van der Waals surface area contributed by atoms with Crippen molar-refractivity contribution < 1.29 is 4.74 Å². The maximum atomic E-state index is 5.99. The van der Waals surface area contributed by atoms with Crippen LogP contribution in [0.3, 0.4) is 0 Å². The first-order valence-corrected chi connectivity index (χ1v) is 12.1. The molecular weight excluding hydrogens is 296 g/mol. The summed E-state index contributed by atoms with van der Waals surface area (Å²) in [5, 5.41) is 1.51. The van der Waals surface area contributed by atoms with E-state index in [1.807, 2.05) is 6.07 Å². The molecular formula is C21H30OSi. The summed E-state index contributed by atoms with van der Waals surface area (Å²) in [6, 6.07) is 20.5. The fourth-order valence-corrected chi connectivity index (χ4v) is 5.39. The molecule has 2 heteroatoms. The van der Waals surface area contributed by atoms with Crippen molar-refractivity contribution in [3.8, 4) is 5.75 Å². The Balaban J connectivity index is 1.95. The highest BCUT2D eigenvalue weighted by Crippen LogP contribution is 2.19. The van der Waals surface area contributed by atoms with E-state index in [0.717, 1.165) is 5.75 Å². The highest BCUT2D eigenvalue weighted by Gasteiger charge is 2.23. The molecule has 0 spiro atoms. The molecule has 0 saturated heterocycles. The van der Waals surface area contributed by atoms with Gasteiger partial charge in [-0.1, -0.05) is 99.4 Å². The quantitative estimate of drug-likeness (QED) is 0.420. The lowest BCUT2D eigenvalue weighted by Crippen LogP contribution is -2.40. The van der Waals surface area contributed by atoms with Gasteiger partial charge in [0.25, 0.3) is 0 Å². The van der Waals surface area contributed by atoms with Gasteiger partial charge >= 0.3 is 0 Å².